The summed E-state index contributed by atoms with van der Waals surface area (Å²) in [4.78, 5) is 50.4. The minimum absolute atomic E-state index is 0.0524. The normalized spacial score (nSPS) is 19.1. The van der Waals surface area contributed by atoms with Crippen LogP contribution < -0.4 is 15.1 Å². The van der Waals surface area contributed by atoms with E-state index >= 15 is 0 Å². The average molecular weight is 628 g/mol. The number of aliphatic hydroxyl groups excluding tert-OH is 1. The van der Waals surface area contributed by atoms with Crippen LogP contribution in [0.2, 0.25) is 0 Å². The monoisotopic (exact) mass is 627 g/mol. The fourth-order valence-corrected chi connectivity index (χ4v) is 5.85. The molecule has 2 N–H and O–H groups in total. The van der Waals surface area contributed by atoms with Crippen molar-refractivity contribution in [3.05, 3.63) is 89.1 Å². The van der Waals surface area contributed by atoms with Gasteiger partial charge >= 0.3 is 0 Å². The number of carbonyl (C=O) groups is 3. The van der Waals surface area contributed by atoms with Crippen molar-refractivity contribution in [3.63, 3.8) is 0 Å². The SMILES string of the molecule is Cc1ccnc(N2C(=O)CN(CCO)CC2C(=O)N(c2cc(F)cc(F)c2)C(C(=O)NC2CC(F)(F)C2)c2ccccc2C)c1. The molecular weight excluding hydrogens is 594 g/mol. The Morgan fingerprint density at radius 2 is 1.78 bits per heavy atom. The Balaban J connectivity index is 1.67. The minimum Gasteiger partial charge on any atom is -0.395 e. The molecule has 3 aromatic rings. The molecule has 1 aliphatic heterocycles. The number of aryl methyl sites for hydroxylation is 2. The number of anilines is 2. The largest absolute Gasteiger partial charge is 0.395 e. The van der Waals surface area contributed by atoms with Crippen molar-refractivity contribution in [1.29, 1.82) is 0 Å². The van der Waals surface area contributed by atoms with Crippen LogP contribution in [-0.4, -0.2) is 77.0 Å². The van der Waals surface area contributed by atoms with Gasteiger partial charge < -0.3 is 10.4 Å². The number of piperazine rings is 1. The zero-order valence-electron chi connectivity index (χ0n) is 24.7. The highest BCUT2D eigenvalue weighted by atomic mass is 19.3. The highest BCUT2D eigenvalue weighted by Crippen LogP contribution is 2.39. The highest BCUT2D eigenvalue weighted by molar-refractivity contribution is 6.10. The third-order valence-corrected chi connectivity index (χ3v) is 8.01. The Labute approximate surface area is 257 Å². The molecule has 2 heterocycles. The van der Waals surface area contributed by atoms with Gasteiger partial charge in [-0.05, 0) is 54.8 Å². The maximum atomic E-state index is 14.9. The molecule has 1 saturated carbocycles. The van der Waals surface area contributed by atoms with E-state index in [1.165, 1.54) is 11.1 Å². The number of rotatable bonds is 9. The van der Waals surface area contributed by atoms with E-state index in [9.17, 15) is 37.1 Å². The number of aliphatic hydroxyl groups is 1. The minimum atomic E-state index is -2.95. The van der Waals surface area contributed by atoms with E-state index in [1.807, 2.05) is 0 Å². The Hall–Kier alpha value is -4.36. The number of carbonyl (C=O) groups excluding carboxylic acids is 3. The van der Waals surface area contributed by atoms with Crippen molar-refractivity contribution in [2.75, 3.05) is 36.0 Å². The molecule has 0 bridgehead atoms. The maximum absolute atomic E-state index is 14.9. The van der Waals surface area contributed by atoms with Crippen LogP contribution in [0.1, 0.15) is 35.6 Å². The lowest BCUT2D eigenvalue weighted by Gasteiger charge is -2.43. The van der Waals surface area contributed by atoms with Crippen LogP contribution in [-0.2, 0) is 14.4 Å². The molecule has 2 atom stereocenters. The van der Waals surface area contributed by atoms with Crippen molar-refractivity contribution >= 4 is 29.2 Å². The van der Waals surface area contributed by atoms with Gasteiger partial charge in [0.25, 0.3) is 11.8 Å². The van der Waals surface area contributed by atoms with Gasteiger partial charge in [0.15, 0.2) is 0 Å². The van der Waals surface area contributed by atoms with E-state index in [0.717, 1.165) is 22.6 Å². The first-order valence-corrected chi connectivity index (χ1v) is 14.5. The fourth-order valence-electron chi connectivity index (χ4n) is 5.85. The molecule has 2 aliphatic rings. The van der Waals surface area contributed by atoms with Crippen molar-refractivity contribution in [2.45, 2.75) is 50.7 Å². The van der Waals surface area contributed by atoms with Gasteiger partial charge in [0.1, 0.15) is 29.5 Å². The number of nitrogens with one attached hydrogen (secondary N) is 1. The van der Waals surface area contributed by atoms with Crippen LogP contribution in [0, 0.1) is 25.5 Å². The molecule has 0 radical (unpaired) electrons. The molecule has 5 rings (SSSR count). The molecular formula is C32H33F4N5O4. The second kappa shape index (κ2) is 12.9. The molecule has 9 nitrogen and oxygen atoms in total. The third kappa shape index (κ3) is 6.99. The maximum Gasteiger partial charge on any atom is 0.252 e. The predicted molar refractivity (Wildman–Crippen MR) is 158 cm³/mol. The van der Waals surface area contributed by atoms with E-state index in [-0.39, 0.29) is 43.3 Å². The van der Waals surface area contributed by atoms with Crippen LogP contribution in [0.3, 0.4) is 0 Å². The molecule has 1 aliphatic carbocycles. The number of β-amino-alcohol motifs (C(OH)–C–C–N with tert-alkyl or cyclic N) is 1. The van der Waals surface area contributed by atoms with Crippen molar-refractivity contribution in [3.8, 4) is 0 Å². The predicted octanol–water partition coefficient (Wildman–Crippen LogP) is 3.67. The average Bonchev–Trinajstić information content (AvgIpc) is 2.94. The summed E-state index contributed by atoms with van der Waals surface area (Å²) in [7, 11) is 0. The Bertz CT molecular complexity index is 1580. The van der Waals surface area contributed by atoms with E-state index in [1.54, 1.807) is 55.1 Å². The summed E-state index contributed by atoms with van der Waals surface area (Å²) in [5, 5.41) is 12.2. The number of pyridine rings is 1. The second-order valence-corrected chi connectivity index (χ2v) is 11.5. The molecule has 13 heteroatoms. The topological polar surface area (TPSA) is 106 Å². The Kier molecular flexibility index (Phi) is 9.21. The fraction of sp³-hybridized carbons (Fsp3) is 0.375. The quantitative estimate of drug-likeness (QED) is 0.351. The van der Waals surface area contributed by atoms with Gasteiger partial charge in [0, 0.05) is 44.2 Å². The number of benzene rings is 2. The Morgan fingerprint density at radius 1 is 1.09 bits per heavy atom. The highest BCUT2D eigenvalue weighted by Gasteiger charge is 2.48. The number of hydrogen-bond acceptors (Lipinski definition) is 6. The molecule has 3 amide bonds. The number of hydrogen-bond donors (Lipinski definition) is 2. The number of alkyl halides is 2. The molecule has 1 aromatic heterocycles. The van der Waals surface area contributed by atoms with Crippen LogP contribution in [0.5, 0.6) is 0 Å². The molecule has 238 valence electrons. The number of halogens is 4. The molecule has 2 fully saturated rings. The smallest absolute Gasteiger partial charge is 0.252 e. The number of nitrogens with zero attached hydrogens (tertiary/aromatic N) is 4. The van der Waals surface area contributed by atoms with Crippen molar-refractivity contribution < 1.29 is 37.1 Å². The first-order chi connectivity index (χ1) is 21.4. The molecule has 2 aromatic carbocycles. The van der Waals surface area contributed by atoms with Crippen LogP contribution in [0.4, 0.5) is 29.1 Å². The zero-order chi connectivity index (χ0) is 32.5. The molecule has 0 spiro atoms. The molecule has 2 unspecified atom stereocenters. The first-order valence-electron chi connectivity index (χ1n) is 14.5. The van der Waals surface area contributed by atoms with Gasteiger partial charge in [-0.1, -0.05) is 24.3 Å². The lowest BCUT2D eigenvalue weighted by Crippen LogP contribution is -2.64. The van der Waals surface area contributed by atoms with Gasteiger partial charge in [-0.15, -0.1) is 0 Å². The summed E-state index contributed by atoms with van der Waals surface area (Å²) in [6.07, 6.45) is 0.279. The summed E-state index contributed by atoms with van der Waals surface area (Å²) in [5.41, 5.74) is 1.26. The van der Waals surface area contributed by atoms with Gasteiger partial charge in [-0.25, -0.2) is 22.5 Å². The zero-order valence-corrected chi connectivity index (χ0v) is 24.7. The number of amides is 3. The summed E-state index contributed by atoms with van der Waals surface area (Å²) < 4.78 is 56.9. The first kappa shape index (κ1) is 32.0. The lowest BCUT2D eigenvalue weighted by molar-refractivity contribution is -0.133. The van der Waals surface area contributed by atoms with Gasteiger partial charge in [-0.2, -0.15) is 0 Å². The lowest BCUT2D eigenvalue weighted by atomic mass is 9.87. The summed E-state index contributed by atoms with van der Waals surface area (Å²) >= 11 is 0. The molecule has 1 saturated heterocycles. The third-order valence-electron chi connectivity index (χ3n) is 8.01. The van der Waals surface area contributed by atoms with Crippen LogP contribution in [0.25, 0.3) is 0 Å². The van der Waals surface area contributed by atoms with Gasteiger partial charge in [0.05, 0.1) is 18.8 Å². The summed E-state index contributed by atoms with van der Waals surface area (Å²) in [5.74, 6) is -7.07. The standard InChI is InChI=1S/C32H33F4N5O4/c1-19-7-8-37-27(11-19)41-26(17-39(9-10-42)18-28(41)43)31(45)40(24-13-21(33)12-22(34)14-24)29(25-6-4-3-5-20(25)2)30(44)38-23-15-32(35,36)16-23/h3-8,11-14,23,26,29,42H,9-10,15-18H2,1-2H3,(H,38,44). The van der Waals surface area contributed by atoms with E-state index in [2.05, 4.69) is 10.3 Å². The van der Waals surface area contributed by atoms with E-state index in [4.69, 9.17) is 0 Å². The Morgan fingerprint density at radius 3 is 2.40 bits per heavy atom. The summed E-state index contributed by atoms with van der Waals surface area (Å²) in [6.45, 7) is 2.95. The summed E-state index contributed by atoms with van der Waals surface area (Å²) in [6, 6.07) is 8.46. The molecule has 45 heavy (non-hydrogen) atoms. The van der Waals surface area contributed by atoms with Crippen LogP contribution >= 0.6 is 0 Å². The van der Waals surface area contributed by atoms with Gasteiger partial charge in [-0.3, -0.25) is 29.1 Å². The van der Waals surface area contributed by atoms with Crippen molar-refractivity contribution in [2.24, 2.45) is 0 Å². The second-order valence-electron chi connectivity index (χ2n) is 11.5. The van der Waals surface area contributed by atoms with E-state index < -0.39 is 66.2 Å². The van der Waals surface area contributed by atoms with Crippen molar-refractivity contribution in [1.82, 2.24) is 15.2 Å². The number of aromatic nitrogens is 1. The van der Waals surface area contributed by atoms with E-state index in [0.29, 0.717) is 11.6 Å². The van der Waals surface area contributed by atoms with Gasteiger partial charge in [0.2, 0.25) is 11.8 Å². The van der Waals surface area contributed by atoms with Crippen LogP contribution in [0.15, 0.2) is 60.8 Å².